The Labute approximate surface area is 135 Å². The maximum atomic E-state index is 12.9. The zero-order chi connectivity index (χ0) is 17.5. The van der Waals surface area contributed by atoms with Gasteiger partial charge in [-0.25, -0.2) is 0 Å². The molecule has 1 aliphatic rings. The molecule has 0 saturated carbocycles. The van der Waals surface area contributed by atoms with E-state index in [2.05, 4.69) is 9.71 Å². The van der Waals surface area contributed by atoms with Crippen LogP contribution in [0.25, 0.3) is 0 Å². The predicted octanol–water partition coefficient (Wildman–Crippen LogP) is 3.14. The van der Waals surface area contributed by atoms with Gasteiger partial charge in [-0.3, -0.25) is 0 Å². The highest BCUT2D eigenvalue weighted by molar-refractivity contribution is 7.90. The summed E-state index contributed by atoms with van der Waals surface area (Å²) < 4.78 is 66.1. The smallest absolute Gasteiger partial charge is 0.339 e. The lowest BCUT2D eigenvalue weighted by molar-refractivity contribution is -0.137. The quantitative estimate of drug-likeness (QED) is 0.856. The molecule has 0 unspecified atom stereocenters. The maximum Gasteiger partial charge on any atom is 0.416 e. The molecule has 2 aromatic rings. The summed E-state index contributed by atoms with van der Waals surface area (Å²) >= 11 is 0. The van der Waals surface area contributed by atoms with Gasteiger partial charge in [0.25, 0.3) is 10.0 Å². The molecule has 1 heterocycles. The minimum Gasteiger partial charge on any atom is -0.339 e. The van der Waals surface area contributed by atoms with E-state index in [0.29, 0.717) is 6.07 Å². The molecule has 5 nitrogen and oxygen atoms in total. The van der Waals surface area contributed by atoms with E-state index in [1.165, 1.54) is 24.3 Å². The molecule has 3 rings (SSSR count). The first-order valence-electron chi connectivity index (χ1n) is 6.54. The first-order chi connectivity index (χ1) is 11.2. The second-order valence-electron chi connectivity index (χ2n) is 4.94. The van der Waals surface area contributed by atoms with Crippen LogP contribution in [0.5, 0.6) is 0 Å². The van der Waals surface area contributed by atoms with Gasteiger partial charge in [-0.1, -0.05) is 12.1 Å². The Morgan fingerprint density at radius 2 is 1.83 bits per heavy atom. The molecule has 0 aliphatic carbocycles. The van der Waals surface area contributed by atoms with Crippen LogP contribution < -0.4 is 5.32 Å². The fourth-order valence-electron chi connectivity index (χ4n) is 2.26. The van der Waals surface area contributed by atoms with E-state index < -0.39 is 21.8 Å². The highest BCUT2D eigenvalue weighted by Crippen LogP contribution is 2.33. The van der Waals surface area contributed by atoms with Crippen molar-refractivity contribution >= 4 is 21.5 Å². The van der Waals surface area contributed by atoms with Crippen molar-refractivity contribution in [1.82, 2.24) is 0 Å². The summed E-state index contributed by atoms with van der Waals surface area (Å²) in [5.41, 5.74) is -1.04. The van der Waals surface area contributed by atoms with Crippen molar-refractivity contribution in [3.8, 4) is 6.07 Å². The zero-order valence-electron chi connectivity index (χ0n) is 11.8. The number of anilines is 1. The van der Waals surface area contributed by atoms with Crippen LogP contribution in [0, 0.1) is 11.3 Å². The van der Waals surface area contributed by atoms with Crippen molar-refractivity contribution in [2.45, 2.75) is 11.1 Å². The van der Waals surface area contributed by atoms with E-state index >= 15 is 0 Å². The standard InChI is InChI=1S/C15H8F3N3O2S/c16-15(17,18)10-5-9(8-19)6-11(7-10)20-14-12-3-1-2-4-13(12)24(22,23)21-14/h1-7H,(H,20,21). The van der Waals surface area contributed by atoms with Crippen LogP contribution in [-0.4, -0.2) is 14.3 Å². The second-order valence-corrected chi connectivity index (χ2v) is 6.52. The first-order valence-corrected chi connectivity index (χ1v) is 7.98. The van der Waals surface area contributed by atoms with Gasteiger partial charge in [0, 0.05) is 11.3 Å². The van der Waals surface area contributed by atoms with Gasteiger partial charge >= 0.3 is 6.18 Å². The molecule has 24 heavy (non-hydrogen) atoms. The van der Waals surface area contributed by atoms with Crippen LogP contribution in [-0.2, 0) is 16.2 Å². The molecule has 122 valence electrons. The molecule has 0 spiro atoms. The third kappa shape index (κ3) is 2.83. The molecule has 1 N–H and O–H groups in total. The molecule has 9 heteroatoms. The number of halogens is 3. The van der Waals surface area contributed by atoms with Crippen LogP contribution in [0.1, 0.15) is 16.7 Å². The van der Waals surface area contributed by atoms with Gasteiger partial charge in [-0.2, -0.15) is 26.9 Å². The van der Waals surface area contributed by atoms with Crippen molar-refractivity contribution in [3.63, 3.8) is 0 Å². The van der Waals surface area contributed by atoms with Crippen molar-refractivity contribution in [1.29, 1.82) is 5.26 Å². The lowest BCUT2D eigenvalue weighted by Crippen LogP contribution is -2.13. The predicted molar refractivity (Wildman–Crippen MR) is 79.9 cm³/mol. The Morgan fingerprint density at radius 3 is 2.50 bits per heavy atom. The van der Waals surface area contributed by atoms with E-state index in [-0.39, 0.29) is 27.5 Å². The highest BCUT2D eigenvalue weighted by Gasteiger charge is 2.32. The largest absolute Gasteiger partial charge is 0.416 e. The molecule has 0 radical (unpaired) electrons. The SMILES string of the molecule is N#Cc1cc(NC2=NS(=O)(=O)c3ccccc32)cc(C(F)(F)F)c1. The monoisotopic (exact) mass is 351 g/mol. The first kappa shape index (κ1) is 16.0. The molecular formula is C15H8F3N3O2S. The number of nitrogens with zero attached hydrogens (tertiary/aromatic N) is 2. The van der Waals surface area contributed by atoms with E-state index in [4.69, 9.17) is 5.26 Å². The van der Waals surface area contributed by atoms with Crippen molar-refractivity contribution in [3.05, 3.63) is 59.2 Å². The molecular weight excluding hydrogens is 343 g/mol. The van der Waals surface area contributed by atoms with Gasteiger partial charge in [0.2, 0.25) is 0 Å². The van der Waals surface area contributed by atoms with Crippen LogP contribution in [0.3, 0.4) is 0 Å². The Morgan fingerprint density at radius 1 is 1.12 bits per heavy atom. The van der Waals surface area contributed by atoms with E-state index in [1.54, 1.807) is 12.1 Å². The number of hydrogen-bond acceptors (Lipinski definition) is 4. The molecule has 0 bridgehead atoms. The van der Waals surface area contributed by atoms with Gasteiger partial charge in [0.15, 0.2) is 5.84 Å². The number of nitrogens with one attached hydrogen (secondary N) is 1. The minimum atomic E-state index is -4.63. The number of benzene rings is 2. The lowest BCUT2D eigenvalue weighted by atomic mass is 10.1. The Balaban J connectivity index is 2.06. The summed E-state index contributed by atoms with van der Waals surface area (Å²) in [7, 11) is -3.89. The van der Waals surface area contributed by atoms with Crippen molar-refractivity contribution in [2.75, 3.05) is 5.32 Å². The van der Waals surface area contributed by atoms with E-state index in [1.807, 2.05) is 0 Å². The molecule has 0 amide bonds. The number of fused-ring (bicyclic) bond motifs is 1. The summed E-state index contributed by atoms with van der Waals surface area (Å²) in [6.45, 7) is 0. The number of rotatable bonds is 1. The number of nitriles is 1. The van der Waals surface area contributed by atoms with Gasteiger partial charge < -0.3 is 5.32 Å². The van der Waals surface area contributed by atoms with Gasteiger partial charge in [0.1, 0.15) is 4.90 Å². The number of alkyl halides is 3. The molecule has 0 fully saturated rings. The summed E-state index contributed by atoms with van der Waals surface area (Å²) in [6, 6.07) is 10.3. The van der Waals surface area contributed by atoms with Crippen molar-refractivity contribution in [2.24, 2.45) is 4.40 Å². The van der Waals surface area contributed by atoms with Gasteiger partial charge in [-0.15, -0.1) is 4.40 Å². The summed E-state index contributed by atoms with van der Waals surface area (Å²) in [4.78, 5) is -0.0278. The molecule has 1 aliphatic heterocycles. The third-order valence-electron chi connectivity index (χ3n) is 3.28. The molecule has 0 atom stereocenters. The molecule has 0 aromatic heterocycles. The summed E-state index contributed by atoms with van der Waals surface area (Å²) in [5.74, 6) is -0.0891. The van der Waals surface area contributed by atoms with Crippen LogP contribution in [0.4, 0.5) is 18.9 Å². The maximum absolute atomic E-state index is 12.9. The normalized spacial score (nSPS) is 15.3. The highest BCUT2D eigenvalue weighted by atomic mass is 32.2. The number of amidine groups is 1. The average molecular weight is 351 g/mol. The van der Waals surface area contributed by atoms with Gasteiger partial charge in [0.05, 0.1) is 17.2 Å². The molecule has 0 saturated heterocycles. The minimum absolute atomic E-state index is 0.0278. The van der Waals surface area contributed by atoms with E-state index in [9.17, 15) is 21.6 Å². The Kier molecular flexibility index (Phi) is 3.57. The Hall–Kier alpha value is -2.86. The fraction of sp³-hybridized carbons (Fsp3) is 0.0667. The lowest BCUT2D eigenvalue weighted by Gasteiger charge is -2.11. The van der Waals surface area contributed by atoms with Crippen LogP contribution in [0.2, 0.25) is 0 Å². The number of hydrogen-bond donors (Lipinski definition) is 1. The second kappa shape index (κ2) is 5.35. The van der Waals surface area contributed by atoms with Crippen LogP contribution in [0.15, 0.2) is 51.8 Å². The van der Waals surface area contributed by atoms with E-state index in [0.717, 1.165) is 6.07 Å². The van der Waals surface area contributed by atoms with Crippen molar-refractivity contribution < 1.29 is 21.6 Å². The Bertz CT molecular complexity index is 1010. The van der Waals surface area contributed by atoms with Crippen LogP contribution >= 0.6 is 0 Å². The summed E-state index contributed by atoms with van der Waals surface area (Å²) in [6.07, 6.45) is -4.63. The molecule has 2 aromatic carbocycles. The topological polar surface area (TPSA) is 82.3 Å². The van der Waals surface area contributed by atoms with Gasteiger partial charge in [-0.05, 0) is 30.3 Å². The average Bonchev–Trinajstić information content (AvgIpc) is 2.77. The third-order valence-corrected chi connectivity index (χ3v) is 4.62. The fourth-order valence-corrected chi connectivity index (χ4v) is 3.44. The number of sulfonamides is 1. The summed E-state index contributed by atoms with van der Waals surface area (Å²) in [5, 5.41) is 11.4. The zero-order valence-corrected chi connectivity index (χ0v) is 12.6.